The maximum absolute atomic E-state index is 14.0. The van der Waals surface area contributed by atoms with E-state index >= 15 is 0 Å². The molecule has 6 heterocycles. The van der Waals surface area contributed by atoms with Crippen LogP contribution in [0.3, 0.4) is 0 Å². The molecule has 4 aromatic rings. The summed E-state index contributed by atoms with van der Waals surface area (Å²) in [6.07, 6.45) is -2.97. The largest absolute Gasteiger partial charge is 0.494 e. The van der Waals surface area contributed by atoms with Gasteiger partial charge in [-0.3, -0.25) is 14.4 Å². The molecule has 2 aromatic heterocycles. The summed E-state index contributed by atoms with van der Waals surface area (Å²) in [7, 11) is 0. The molecule has 0 radical (unpaired) electrons. The number of aromatic nitrogens is 3. The van der Waals surface area contributed by atoms with Gasteiger partial charge in [0.25, 0.3) is 5.91 Å². The molecule has 6 bridgehead atoms. The molecular formula is C37H41ClF4N8O5. The monoisotopic (exact) mass is 788 g/mol. The summed E-state index contributed by atoms with van der Waals surface area (Å²) >= 11 is 5.74. The van der Waals surface area contributed by atoms with Crippen LogP contribution in [0.15, 0.2) is 66.9 Å². The third-order valence-corrected chi connectivity index (χ3v) is 7.90. The molecule has 0 saturated heterocycles. The van der Waals surface area contributed by atoms with Crippen molar-refractivity contribution in [1.29, 1.82) is 0 Å². The Bertz CT molecular complexity index is 1930. The molecule has 18 heteroatoms. The Kier molecular flexibility index (Phi) is 14.6. The van der Waals surface area contributed by atoms with Crippen LogP contribution in [0.1, 0.15) is 50.0 Å². The van der Waals surface area contributed by atoms with E-state index in [9.17, 15) is 31.9 Å². The Labute approximate surface area is 320 Å². The van der Waals surface area contributed by atoms with Gasteiger partial charge in [0.05, 0.1) is 17.2 Å². The zero-order chi connectivity index (χ0) is 40.2. The maximum atomic E-state index is 14.0. The highest BCUT2D eigenvalue weighted by atomic mass is 35.5. The van der Waals surface area contributed by atoms with Gasteiger partial charge in [0.15, 0.2) is 6.61 Å². The van der Waals surface area contributed by atoms with E-state index in [4.69, 9.17) is 21.1 Å². The summed E-state index contributed by atoms with van der Waals surface area (Å²) in [4.78, 5) is 53.2. The van der Waals surface area contributed by atoms with E-state index in [1.54, 1.807) is 24.3 Å². The van der Waals surface area contributed by atoms with E-state index in [2.05, 4.69) is 36.2 Å². The minimum atomic E-state index is -4.61. The van der Waals surface area contributed by atoms with Gasteiger partial charge in [-0.15, -0.1) is 0 Å². The fraction of sp³-hybridized carbons (Fsp3) is 0.351. The predicted molar refractivity (Wildman–Crippen MR) is 199 cm³/mol. The molecule has 0 atom stereocenters. The highest BCUT2D eigenvalue weighted by molar-refractivity contribution is 6.39. The van der Waals surface area contributed by atoms with Crippen LogP contribution < -0.4 is 30.7 Å². The Morgan fingerprint density at radius 3 is 2.40 bits per heavy atom. The average Bonchev–Trinajstić information content (AvgIpc) is 3.15. The number of hydrogen-bond donors (Lipinski definition) is 4. The van der Waals surface area contributed by atoms with Gasteiger partial charge in [0.2, 0.25) is 0 Å². The van der Waals surface area contributed by atoms with E-state index in [-0.39, 0.29) is 66.5 Å². The van der Waals surface area contributed by atoms with Crippen molar-refractivity contribution in [2.24, 2.45) is 5.41 Å². The SMILES string of the molecule is CC.CC1(C)CNC(=O)c2ccc(nc2)Nc2cc(nc(OCC(F)(F)F)n2)NCc2ccc(cc2)OCCCN(C(=O)C(=O)Nc2ccc(Cl)c(F)c2)C1. The van der Waals surface area contributed by atoms with E-state index in [0.29, 0.717) is 12.2 Å². The normalized spacial score (nSPS) is 14.8. The fourth-order valence-electron chi connectivity index (χ4n) is 5.01. The second-order valence-corrected chi connectivity index (χ2v) is 13.1. The van der Waals surface area contributed by atoms with Crippen molar-refractivity contribution in [2.75, 3.05) is 48.8 Å². The summed E-state index contributed by atoms with van der Waals surface area (Å²) in [6.45, 7) is 6.72. The number of carbonyl (C=O) groups excluding carboxylic acids is 3. The Hall–Kier alpha value is -5.71. The van der Waals surface area contributed by atoms with Crippen LogP contribution in [0.25, 0.3) is 0 Å². The number of alkyl halides is 3. The molecule has 4 aliphatic heterocycles. The third-order valence-electron chi connectivity index (χ3n) is 7.60. The molecule has 294 valence electrons. The van der Waals surface area contributed by atoms with Crippen LogP contribution in [0.4, 0.5) is 40.7 Å². The molecule has 0 fully saturated rings. The molecular weight excluding hydrogens is 748 g/mol. The zero-order valence-corrected chi connectivity index (χ0v) is 31.3. The van der Waals surface area contributed by atoms with E-state index < -0.39 is 47.7 Å². The van der Waals surface area contributed by atoms with Gasteiger partial charge < -0.3 is 35.6 Å². The molecule has 0 aliphatic carbocycles. The smallest absolute Gasteiger partial charge is 0.422 e. The van der Waals surface area contributed by atoms with Crippen molar-refractivity contribution in [2.45, 2.75) is 46.8 Å². The predicted octanol–water partition coefficient (Wildman–Crippen LogP) is 6.99. The highest BCUT2D eigenvalue weighted by Crippen LogP contribution is 2.24. The number of nitrogens with one attached hydrogen (secondary N) is 4. The van der Waals surface area contributed by atoms with Crippen molar-refractivity contribution in [3.05, 3.63) is 88.8 Å². The number of nitrogens with zero attached hydrogens (tertiary/aromatic N) is 4. The lowest BCUT2D eigenvalue weighted by Crippen LogP contribution is -2.48. The van der Waals surface area contributed by atoms with Crippen molar-refractivity contribution >= 4 is 52.5 Å². The topological polar surface area (TPSA) is 160 Å². The average molecular weight is 789 g/mol. The molecule has 0 spiro atoms. The quantitative estimate of drug-likeness (QED) is 0.126. The van der Waals surface area contributed by atoms with E-state index in [1.807, 2.05) is 27.7 Å². The number of pyridine rings is 1. The molecule has 8 rings (SSSR count). The standard InChI is InChI=1S/C35H35ClF4N8O5.C2H6/c1-34(2)18-43-30(49)22-6-11-27(42-17-22)45-29-15-28(46-33(47-29)53-20-35(38,39)40)41-16-21-4-8-24(9-5-21)52-13-3-12-48(19-34)32(51)31(50)44-23-7-10-25(36)26(37)14-23;1-2/h4-11,14-15,17H,3,12-13,16,18-20H2,1-2H3,(H,43,49)(H,44,50)(H2,41,42,45,46,47);1-2H3. The van der Waals surface area contributed by atoms with Gasteiger partial charge in [-0.25, -0.2) is 9.37 Å². The van der Waals surface area contributed by atoms with Gasteiger partial charge in [0.1, 0.15) is 29.0 Å². The van der Waals surface area contributed by atoms with Crippen molar-refractivity contribution in [1.82, 2.24) is 25.2 Å². The first kappa shape index (κ1) is 42.0. The van der Waals surface area contributed by atoms with Crippen molar-refractivity contribution < 1.29 is 41.4 Å². The number of halogens is 5. The summed E-state index contributed by atoms with van der Waals surface area (Å²) in [5.74, 6) is -2.06. The second-order valence-electron chi connectivity index (χ2n) is 12.7. The minimum Gasteiger partial charge on any atom is -0.494 e. The van der Waals surface area contributed by atoms with Gasteiger partial charge >= 0.3 is 24.0 Å². The summed E-state index contributed by atoms with van der Waals surface area (Å²) in [6, 6.07) is 14.6. The van der Waals surface area contributed by atoms with Crippen LogP contribution >= 0.6 is 11.6 Å². The Balaban J connectivity index is 0.00000331. The molecule has 0 unspecified atom stereocenters. The van der Waals surface area contributed by atoms with Crippen molar-refractivity contribution in [3.8, 4) is 11.8 Å². The minimum absolute atomic E-state index is 0.0554. The first-order chi connectivity index (χ1) is 26.1. The number of amides is 3. The van der Waals surface area contributed by atoms with Gasteiger partial charge in [-0.1, -0.05) is 51.4 Å². The van der Waals surface area contributed by atoms with Gasteiger partial charge in [0, 0.05) is 44.1 Å². The highest BCUT2D eigenvalue weighted by Gasteiger charge is 2.30. The third kappa shape index (κ3) is 13.3. The lowest BCUT2D eigenvalue weighted by molar-refractivity contribution is -0.154. The number of benzene rings is 2. The molecule has 3 amide bonds. The van der Waals surface area contributed by atoms with Crippen LogP contribution in [0.5, 0.6) is 11.8 Å². The van der Waals surface area contributed by atoms with E-state index in [1.165, 1.54) is 41.4 Å². The number of ether oxygens (including phenoxy) is 2. The first-order valence-electron chi connectivity index (χ1n) is 17.2. The van der Waals surface area contributed by atoms with Crippen LogP contribution in [0.2, 0.25) is 5.02 Å². The Morgan fingerprint density at radius 1 is 1.00 bits per heavy atom. The lowest BCUT2D eigenvalue weighted by atomic mass is 9.92. The summed E-state index contributed by atoms with van der Waals surface area (Å²) in [5.41, 5.74) is 0.311. The fourth-order valence-corrected chi connectivity index (χ4v) is 5.13. The number of carbonyl (C=O) groups is 3. The van der Waals surface area contributed by atoms with Gasteiger partial charge in [-0.2, -0.15) is 23.1 Å². The lowest BCUT2D eigenvalue weighted by Gasteiger charge is -2.32. The number of rotatable bonds is 3. The Morgan fingerprint density at radius 2 is 1.73 bits per heavy atom. The molecule has 55 heavy (non-hydrogen) atoms. The van der Waals surface area contributed by atoms with Crippen LogP contribution in [0, 0.1) is 11.2 Å². The maximum Gasteiger partial charge on any atom is 0.422 e. The summed E-state index contributed by atoms with van der Waals surface area (Å²) in [5, 5.41) is 11.0. The summed E-state index contributed by atoms with van der Waals surface area (Å²) < 4.78 is 63.3. The van der Waals surface area contributed by atoms with Crippen LogP contribution in [-0.2, 0) is 16.1 Å². The molecule has 2 aromatic carbocycles. The first-order valence-corrected chi connectivity index (χ1v) is 17.6. The van der Waals surface area contributed by atoms with E-state index in [0.717, 1.165) is 11.6 Å². The van der Waals surface area contributed by atoms with Crippen molar-refractivity contribution in [3.63, 3.8) is 0 Å². The van der Waals surface area contributed by atoms with Gasteiger partial charge in [-0.05, 0) is 59.9 Å². The molecule has 0 saturated carbocycles. The molecule has 13 nitrogen and oxygen atoms in total. The molecule has 4 N–H and O–H groups in total. The number of anilines is 4. The van der Waals surface area contributed by atoms with Crippen LogP contribution in [-0.4, -0.2) is 76.6 Å². The molecule has 4 aliphatic rings. The number of hydrogen-bond acceptors (Lipinski definition) is 10. The zero-order valence-electron chi connectivity index (χ0n) is 30.5. The second kappa shape index (κ2) is 19.1.